The van der Waals surface area contributed by atoms with Crippen molar-refractivity contribution < 1.29 is 4.68 Å². The van der Waals surface area contributed by atoms with Gasteiger partial charge in [-0.15, -0.1) is 0 Å². The second-order valence-electron chi connectivity index (χ2n) is 1.83. The number of nitrogen functional groups attached to an aromatic ring is 2. The van der Waals surface area contributed by atoms with Crippen molar-refractivity contribution in [2.45, 2.75) is 0 Å². The van der Waals surface area contributed by atoms with Gasteiger partial charge in [-0.2, -0.15) is 0 Å². The van der Waals surface area contributed by atoms with Gasteiger partial charge in [-0.05, 0) is 0 Å². The van der Waals surface area contributed by atoms with E-state index in [9.17, 15) is 0 Å². The molecule has 4 nitrogen and oxygen atoms in total. The molecule has 0 spiro atoms. The molecule has 0 aliphatic rings. The lowest BCUT2D eigenvalue weighted by atomic mass is 10.4. The van der Waals surface area contributed by atoms with Crippen molar-refractivity contribution in [3.05, 3.63) is 12.3 Å². The van der Waals surface area contributed by atoms with Crippen LogP contribution in [0.1, 0.15) is 0 Å². The highest BCUT2D eigenvalue weighted by Gasteiger charge is 1.98. The van der Waals surface area contributed by atoms with Gasteiger partial charge >= 0.3 is 0 Å². The second kappa shape index (κ2) is 1.89. The Bertz CT molecular complexity index is 220. The molecule has 0 aliphatic heterocycles. The summed E-state index contributed by atoms with van der Waals surface area (Å²) in [6.45, 7) is 0. The lowest BCUT2D eigenvalue weighted by Gasteiger charge is -1.91. The normalized spacial score (nSPS) is 9.44. The van der Waals surface area contributed by atoms with Crippen LogP contribution in [0, 0.1) is 0 Å². The van der Waals surface area contributed by atoms with Crippen molar-refractivity contribution in [2.75, 3.05) is 11.5 Å². The van der Waals surface area contributed by atoms with Crippen LogP contribution in [0.25, 0.3) is 0 Å². The molecule has 1 aromatic heterocycles. The maximum absolute atomic E-state index is 5.39. The SMILES string of the molecule is C[n+]1ccc(N)c(N)n1. The summed E-state index contributed by atoms with van der Waals surface area (Å²) in [5.41, 5.74) is 11.3. The molecule has 4 heteroatoms. The molecule has 0 amide bonds. The second-order valence-corrected chi connectivity index (χ2v) is 1.83. The summed E-state index contributed by atoms with van der Waals surface area (Å²) >= 11 is 0. The minimum Gasteiger partial charge on any atom is -0.395 e. The maximum Gasteiger partial charge on any atom is 0.214 e. The van der Waals surface area contributed by atoms with Crippen LogP contribution in [0.5, 0.6) is 0 Å². The third-order valence-electron chi connectivity index (χ3n) is 1.03. The molecule has 1 rings (SSSR count). The predicted octanol–water partition coefficient (Wildman–Crippen LogP) is -0.929. The Kier molecular flexibility index (Phi) is 1.22. The zero-order chi connectivity index (χ0) is 6.85. The molecule has 0 atom stereocenters. The van der Waals surface area contributed by atoms with Crippen molar-refractivity contribution in [1.82, 2.24) is 5.10 Å². The van der Waals surface area contributed by atoms with E-state index in [0.29, 0.717) is 11.5 Å². The summed E-state index contributed by atoms with van der Waals surface area (Å²) in [7, 11) is 1.79. The van der Waals surface area contributed by atoms with Crippen molar-refractivity contribution in [1.29, 1.82) is 0 Å². The highest BCUT2D eigenvalue weighted by molar-refractivity contribution is 5.55. The molecule has 0 fully saturated rings. The van der Waals surface area contributed by atoms with E-state index < -0.39 is 0 Å². The molecule has 0 saturated carbocycles. The van der Waals surface area contributed by atoms with Gasteiger partial charge < -0.3 is 11.5 Å². The first-order valence-electron chi connectivity index (χ1n) is 2.58. The zero-order valence-electron chi connectivity index (χ0n) is 5.20. The third kappa shape index (κ3) is 1.07. The predicted molar refractivity (Wildman–Crippen MR) is 34.2 cm³/mol. The topological polar surface area (TPSA) is 68.8 Å². The molecule has 1 aromatic rings. The van der Waals surface area contributed by atoms with Gasteiger partial charge in [-0.3, -0.25) is 0 Å². The number of nitrogens with zero attached hydrogens (tertiary/aromatic N) is 2. The molecule has 0 bridgehead atoms. The van der Waals surface area contributed by atoms with Crippen LogP contribution in [0.2, 0.25) is 0 Å². The van der Waals surface area contributed by atoms with Crippen LogP contribution in [0.15, 0.2) is 12.3 Å². The van der Waals surface area contributed by atoms with Gasteiger partial charge in [0.25, 0.3) is 0 Å². The number of anilines is 2. The first-order chi connectivity index (χ1) is 4.20. The Balaban J connectivity index is 3.17. The van der Waals surface area contributed by atoms with E-state index in [0.717, 1.165) is 0 Å². The summed E-state index contributed by atoms with van der Waals surface area (Å²) < 4.78 is 1.60. The Morgan fingerprint density at radius 2 is 2.22 bits per heavy atom. The molecule has 0 radical (unpaired) electrons. The molecule has 0 aliphatic carbocycles. The zero-order valence-corrected chi connectivity index (χ0v) is 5.20. The van der Waals surface area contributed by atoms with Gasteiger partial charge in [-0.25, -0.2) is 0 Å². The summed E-state index contributed by atoms with van der Waals surface area (Å²) in [6, 6.07) is 1.71. The lowest BCUT2D eigenvalue weighted by molar-refractivity contribution is -0.729. The van der Waals surface area contributed by atoms with Crippen molar-refractivity contribution >= 4 is 11.5 Å². The fraction of sp³-hybridized carbons (Fsp3) is 0.200. The van der Waals surface area contributed by atoms with E-state index in [1.54, 1.807) is 24.0 Å². The van der Waals surface area contributed by atoms with Gasteiger partial charge in [0.15, 0.2) is 13.2 Å². The summed E-state index contributed by atoms with van der Waals surface area (Å²) in [4.78, 5) is 0. The van der Waals surface area contributed by atoms with Crippen LogP contribution >= 0.6 is 0 Å². The largest absolute Gasteiger partial charge is 0.395 e. The van der Waals surface area contributed by atoms with Crippen LogP contribution in [-0.4, -0.2) is 5.10 Å². The number of hydrogen-bond donors (Lipinski definition) is 2. The molecule has 0 saturated heterocycles. The average Bonchev–Trinajstić information content (AvgIpc) is 1.80. The molecule has 48 valence electrons. The highest BCUT2D eigenvalue weighted by Crippen LogP contribution is 2.03. The quantitative estimate of drug-likeness (QED) is 0.440. The maximum atomic E-state index is 5.39. The number of nitrogens with two attached hydrogens (primary N) is 2. The van der Waals surface area contributed by atoms with Crippen LogP contribution in [0.4, 0.5) is 11.5 Å². The van der Waals surface area contributed by atoms with Gasteiger partial charge in [0, 0.05) is 11.2 Å². The molecule has 4 N–H and O–H groups in total. The number of rotatable bonds is 0. The minimum absolute atomic E-state index is 0.375. The molecule has 1 heterocycles. The molecule has 0 unspecified atom stereocenters. The third-order valence-corrected chi connectivity index (χ3v) is 1.03. The van der Waals surface area contributed by atoms with Gasteiger partial charge in [0.05, 0.1) is 5.69 Å². The van der Waals surface area contributed by atoms with Crippen LogP contribution in [0.3, 0.4) is 0 Å². The monoisotopic (exact) mass is 125 g/mol. The lowest BCUT2D eigenvalue weighted by Crippen LogP contribution is -2.33. The van der Waals surface area contributed by atoms with Crippen molar-refractivity contribution in [2.24, 2.45) is 7.05 Å². The summed E-state index contributed by atoms with van der Waals surface area (Å²) in [6.07, 6.45) is 1.74. The van der Waals surface area contributed by atoms with Gasteiger partial charge in [-0.1, -0.05) is 4.68 Å². The minimum atomic E-state index is 0.375. The number of hydrogen-bond acceptors (Lipinski definition) is 3. The summed E-state index contributed by atoms with van der Waals surface area (Å²) in [5.74, 6) is 0.375. The van der Waals surface area contributed by atoms with Crippen molar-refractivity contribution in [3.63, 3.8) is 0 Å². The fourth-order valence-corrected chi connectivity index (χ4v) is 0.535. The molecule has 9 heavy (non-hydrogen) atoms. The van der Waals surface area contributed by atoms with E-state index in [2.05, 4.69) is 5.10 Å². The standard InChI is InChI=1S/C5H8N4/c1-9-3-2-4(6)5(7)8-9/h2-3,6H,1H3,(H2,7,8)/p+1. The van der Waals surface area contributed by atoms with E-state index in [4.69, 9.17) is 11.5 Å². The molecular formula is C5H9N4+. The highest BCUT2D eigenvalue weighted by atomic mass is 15.3. The number of aryl methyl sites for hydroxylation is 1. The first kappa shape index (κ1) is 5.81. The van der Waals surface area contributed by atoms with E-state index in [1.165, 1.54) is 0 Å². The Morgan fingerprint density at radius 1 is 1.56 bits per heavy atom. The van der Waals surface area contributed by atoms with E-state index in [-0.39, 0.29) is 0 Å². The summed E-state index contributed by atoms with van der Waals surface area (Å²) in [5, 5.41) is 3.84. The van der Waals surface area contributed by atoms with Crippen molar-refractivity contribution in [3.8, 4) is 0 Å². The van der Waals surface area contributed by atoms with Gasteiger partial charge in [0.1, 0.15) is 0 Å². The number of aromatic nitrogens is 2. The average molecular weight is 125 g/mol. The first-order valence-corrected chi connectivity index (χ1v) is 2.58. The fourth-order valence-electron chi connectivity index (χ4n) is 0.535. The van der Waals surface area contributed by atoms with E-state index in [1.807, 2.05) is 0 Å². The Labute approximate surface area is 53.1 Å². The molecular weight excluding hydrogens is 116 g/mol. The van der Waals surface area contributed by atoms with E-state index >= 15 is 0 Å². The van der Waals surface area contributed by atoms with Gasteiger partial charge in [0.2, 0.25) is 5.82 Å². The Hall–Kier alpha value is -1.32. The van der Waals surface area contributed by atoms with Crippen LogP contribution in [-0.2, 0) is 7.05 Å². The smallest absolute Gasteiger partial charge is 0.214 e. The Morgan fingerprint density at radius 3 is 2.67 bits per heavy atom. The van der Waals surface area contributed by atoms with Crippen LogP contribution < -0.4 is 16.1 Å². The molecule has 0 aromatic carbocycles.